The van der Waals surface area contributed by atoms with Crippen molar-refractivity contribution < 1.29 is 9.13 Å². The van der Waals surface area contributed by atoms with Crippen LogP contribution in [0.2, 0.25) is 0 Å². The van der Waals surface area contributed by atoms with Gasteiger partial charge in [0.2, 0.25) is 0 Å². The number of nitrogens with one attached hydrogen (secondary N) is 1. The van der Waals surface area contributed by atoms with Crippen molar-refractivity contribution in [2.75, 3.05) is 11.9 Å². The molecule has 1 aliphatic rings. The van der Waals surface area contributed by atoms with Gasteiger partial charge in [-0.2, -0.15) is 0 Å². The molecule has 106 valence electrons. The van der Waals surface area contributed by atoms with Crippen molar-refractivity contribution >= 4 is 5.69 Å². The van der Waals surface area contributed by atoms with Gasteiger partial charge >= 0.3 is 0 Å². The van der Waals surface area contributed by atoms with Gasteiger partial charge in [-0.15, -0.1) is 0 Å². The Kier molecular flexibility index (Phi) is 5.49. The molecule has 0 amide bonds. The van der Waals surface area contributed by atoms with Gasteiger partial charge in [-0.1, -0.05) is 32.1 Å². The average molecular weight is 265 g/mol. The Morgan fingerprint density at radius 2 is 1.84 bits per heavy atom. The highest BCUT2D eigenvalue weighted by atomic mass is 19.1. The number of halogens is 1. The number of benzene rings is 1. The lowest BCUT2D eigenvalue weighted by atomic mass is 9.96. The van der Waals surface area contributed by atoms with Crippen molar-refractivity contribution in [1.82, 2.24) is 0 Å². The highest BCUT2D eigenvalue weighted by molar-refractivity contribution is 5.57. The van der Waals surface area contributed by atoms with E-state index in [9.17, 15) is 4.39 Å². The molecule has 0 heterocycles. The van der Waals surface area contributed by atoms with Crippen molar-refractivity contribution in [3.8, 4) is 5.75 Å². The smallest absolute Gasteiger partial charge is 0.145 e. The van der Waals surface area contributed by atoms with Crippen LogP contribution in [0.1, 0.15) is 51.9 Å². The van der Waals surface area contributed by atoms with Gasteiger partial charge in [-0.25, -0.2) is 4.39 Å². The van der Waals surface area contributed by atoms with Crippen LogP contribution >= 0.6 is 0 Å². The van der Waals surface area contributed by atoms with E-state index in [1.807, 2.05) is 6.92 Å². The number of anilines is 1. The third-order valence-corrected chi connectivity index (χ3v) is 3.71. The minimum absolute atomic E-state index is 0.244. The fourth-order valence-electron chi connectivity index (χ4n) is 2.71. The van der Waals surface area contributed by atoms with Crippen LogP contribution in [0.5, 0.6) is 5.75 Å². The zero-order valence-electron chi connectivity index (χ0n) is 11.8. The maximum absolute atomic E-state index is 13.3. The molecule has 0 radical (unpaired) electrons. The second-order valence-corrected chi connectivity index (χ2v) is 5.26. The van der Waals surface area contributed by atoms with E-state index in [4.69, 9.17) is 4.74 Å². The van der Waals surface area contributed by atoms with Gasteiger partial charge in [0.15, 0.2) is 0 Å². The summed E-state index contributed by atoms with van der Waals surface area (Å²) in [4.78, 5) is 0. The van der Waals surface area contributed by atoms with Crippen molar-refractivity contribution in [2.45, 2.75) is 57.9 Å². The molecule has 0 atom stereocenters. The summed E-state index contributed by atoms with van der Waals surface area (Å²) in [6.45, 7) is 2.48. The average Bonchev–Trinajstić information content (AvgIpc) is 2.35. The number of hydrogen-bond acceptors (Lipinski definition) is 2. The summed E-state index contributed by atoms with van der Waals surface area (Å²) in [6.07, 6.45) is 8.99. The molecule has 2 rings (SSSR count). The Morgan fingerprint density at radius 3 is 2.53 bits per heavy atom. The predicted octanol–water partition coefficient (Wildman–Crippen LogP) is 4.75. The Balaban J connectivity index is 2.03. The maximum Gasteiger partial charge on any atom is 0.145 e. The first-order valence-corrected chi connectivity index (χ1v) is 7.48. The summed E-state index contributed by atoms with van der Waals surface area (Å²) < 4.78 is 18.8. The van der Waals surface area contributed by atoms with Gasteiger partial charge in [0, 0.05) is 12.1 Å². The molecule has 1 N–H and O–H groups in total. The third-order valence-electron chi connectivity index (χ3n) is 3.71. The molecule has 0 saturated heterocycles. The molecule has 0 aliphatic heterocycles. The van der Waals surface area contributed by atoms with E-state index < -0.39 is 0 Å². The minimum atomic E-state index is -0.244. The monoisotopic (exact) mass is 265 g/mol. The molecular formula is C16H24FNO. The third kappa shape index (κ3) is 4.41. The van der Waals surface area contributed by atoms with Crippen LogP contribution in [0.3, 0.4) is 0 Å². The van der Waals surface area contributed by atoms with Crippen molar-refractivity contribution in [3.05, 3.63) is 24.0 Å². The minimum Gasteiger partial charge on any atom is -0.492 e. The summed E-state index contributed by atoms with van der Waals surface area (Å²) in [5, 5.41) is 3.54. The Morgan fingerprint density at radius 1 is 1.16 bits per heavy atom. The fourth-order valence-corrected chi connectivity index (χ4v) is 2.71. The van der Waals surface area contributed by atoms with Crippen LogP contribution < -0.4 is 10.1 Å². The van der Waals surface area contributed by atoms with E-state index in [1.54, 1.807) is 6.07 Å². The molecule has 3 heteroatoms. The van der Waals surface area contributed by atoms with Crippen LogP contribution in [0.25, 0.3) is 0 Å². The normalized spacial score (nSPS) is 17.6. The van der Waals surface area contributed by atoms with Crippen LogP contribution in [-0.4, -0.2) is 12.6 Å². The SMILES string of the molecule is CCOc1cc(F)ccc1NC1CCCCCCC1. The number of ether oxygens (including phenoxy) is 1. The Labute approximate surface area is 115 Å². The molecule has 0 aromatic heterocycles. The summed E-state index contributed by atoms with van der Waals surface area (Å²) in [5.41, 5.74) is 0.925. The zero-order valence-corrected chi connectivity index (χ0v) is 11.8. The molecule has 1 aliphatic carbocycles. The van der Waals surface area contributed by atoms with E-state index >= 15 is 0 Å². The lowest BCUT2D eigenvalue weighted by molar-refractivity contribution is 0.339. The number of rotatable bonds is 4. The lowest BCUT2D eigenvalue weighted by Gasteiger charge is -2.23. The van der Waals surface area contributed by atoms with Crippen LogP contribution in [0.4, 0.5) is 10.1 Å². The molecule has 1 aromatic carbocycles. The molecule has 1 saturated carbocycles. The van der Waals surface area contributed by atoms with Gasteiger partial charge in [0.05, 0.1) is 12.3 Å². The van der Waals surface area contributed by atoms with Gasteiger partial charge < -0.3 is 10.1 Å². The molecule has 19 heavy (non-hydrogen) atoms. The van der Waals surface area contributed by atoms with Gasteiger partial charge in [0.1, 0.15) is 11.6 Å². The summed E-state index contributed by atoms with van der Waals surface area (Å²) in [7, 11) is 0. The first kappa shape index (κ1) is 14.2. The second kappa shape index (κ2) is 7.37. The summed E-state index contributed by atoms with van der Waals surface area (Å²) >= 11 is 0. The predicted molar refractivity (Wildman–Crippen MR) is 77.3 cm³/mol. The zero-order chi connectivity index (χ0) is 13.5. The molecular weight excluding hydrogens is 241 g/mol. The molecule has 2 nitrogen and oxygen atoms in total. The molecule has 0 unspecified atom stereocenters. The van der Waals surface area contributed by atoms with Crippen LogP contribution in [0, 0.1) is 5.82 Å². The van der Waals surface area contributed by atoms with Gasteiger partial charge in [-0.05, 0) is 31.9 Å². The van der Waals surface area contributed by atoms with Crippen LogP contribution in [0.15, 0.2) is 18.2 Å². The maximum atomic E-state index is 13.3. The molecule has 1 fully saturated rings. The second-order valence-electron chi connectivity index (χ2n) is 5.26. The quantitative estimate of drug-likeness (QED) is 0.848. The highest BCUT2D eigenvalue weighted by Crippen LogP contribution is 2.28. The van der Waals surface area contributed by atoms with Crippen LogP contribution in [-0.2, 0) is 0 Å². The Bertz CT molecular complexity index is 386. The van der Waals surface area contributed by atoms with E-state index in [1.165, 1.54) is 57.1 Å². The standard InChI is InChI=1S/C16H24FNO/c1-2-19-16-12-13(17)10-11-15(16)18-14-8-6-4-3-5-7-9-14/h10-12,14,18H,2-9H2,1H3. The summed E-state index contributed by atoms with van der Waals surface area (Å²) in [6, 6.07) is 5.24. The first-order chi connectivity index (χ1) is 9.29. The van der Waals surface area contributed by atoms with E-state index in [2.05, 4.69) is 5.32 Å². The lowest BCUT2D eigenvalue weighted by Crippen LogP contribution is -2.21. The van der Waals surface area contributed by atoms with Crippen molar-refractivity contribution in [2.24, 2.45) is 0 Å². The van der Waals surface area contributed by atoms with Gasteiger partial charge in [0.25, 0.3) is 0 Å². The van der Waals surface area contributed by atoms with E-state index in [0.717, 1.165) is 5.69 Å². The summed E-state index contributed by atoms with van der Waals surface area (Å²) in [5.74, 6) is 0.385. The first-order valence-electron chi connectivity index (χ1n) is 7.48. The van der Waals surface area contributed by atoms with E-state index in [-0.39, 0.29) is 5.82 Å². The van der Waals surface area contributed by atoms with Gasteiger partial charge in [-0.3, -0.25) is 0 Å². The highest BCUT2D eigenvalue weighted by Gasteiger charge is 2.13. The van der Waals surface area contributed by atoms with E-state index in [0.29, 0.717) is 18.4 Å². The molecule has 1 aromatic rings. The molecule has 0 bridgehead atoms. The van der Waals surface area contributed by atoms with Crippen molar-refractivity contribution in [1.29, 1.82) is 0 Å². The topological polar surface area (TPSA) is 21.3 Å². The molecule has 0 spiro atoms. The Hall–Kier alpha value is -1.25. The van der Waals surface area contributed by atoms with Crippen molar-refractivity contribution in [3.63, 3.8) is 0 Å². The fraction of sp³-hybridized carbons (Fsp3) is 0.625. The largest absolute Gasteiger partial charge is 0.492 e. The number of hydrogen-bond donors (Lipinski definition) is 1.